The van der Waals surface area contributed by atoms with Crippen molar-refractivity contribution in [2.24, 2.45) is 4.99 Å². The van der Waals surface area contributed by atoms with Crippen molar-refractivity contribution in [1.82, 2.24) is 5.32 Å². The maximum absolute atomic E-state index is 12.6. The molecule has 0 aliphatic rings. The molecule has 1 atom stereocenters. The molecule has 0 aliphatic heterocycles. The van der Waals surface area contributed by atoms with Crippen molar-refractivity contribution in [2.75, 3.05) is 19.0 Å². The van der Waals surface area contributed by atoms with Crippen LogP contribution in [0.5, 0.6) is 5.75 Å². The molecular formula is C19H22BN3O6. The SMILES string of the molecule is CN=CN(C)c1cccc(C(=O)NC(Cc2cccc(C(=O)O)c2O)B(O)O)c1. The fourth-order valence-corrected chi connectivity index (χ4v) is 2.75. The summed E-state index contributed by atoms with van der Waals surface area (Å²) in [4.78, 5) is 29.4. The molecule has 5 N–H and O–H groups in total. The van der Waals surface area contributed by atoms with Crippen LogP contribution >= 0.6 is 0 Å². The number of hydrogen-bond donors (Lipinski definition) is 5. The number of carbonyl (C=O) groups is 2. The monoisotopic (exact) mass is 399 g/mol. The van der Waals surface area contributed by atoms with E-state index in [-0.39, 0.29) is 23.1 Å². The first-order valence-electron chi connectivity index (χ1n) is 8.71. The highest BCUT2D eigenvalue weighted by Crippen LogP contribution is 2.24. The van der Waals surface area contributed by atoms with E-state index in [2.05, 4.69) is 10.3 Å². The van der Waals surface area contributed by atoms with Gasteiger partial charge in [-0.1, -0.05) is 18.2 Å². The minimum atomic E-state index is -1.93. The number of phenols is 1. The van der Waals surface area contributed by atoms with Crippen LogP contribution in [-0.2, 0) is 6.42 Å². The van der Waals surface area contributed by atoms with Crippen LogP contribution < -0.4 is 10.2 Å². The number of anilines is 1. The lowest BCUT2D eigenvalue weighted by atomic mass is 9.75. The molecule has 9 nitrogen and oxygen atoms in total. The summed E-state index contributed by atoms with van der Waals surface area (Å²) in [6, 6.07) is 10.7. The normalized spacial score (nSPS) is 11.9. The number of para-hydroxylation sites is 1. The number of nitrogens with one attached hydrogen (secondary N) is 1. The zero-order valence-electron chi connectivity index (χ0n) is 16.0. The van der Waals surface area contributed by atoms with Crippen molar-refractivity contribution in [3.8, 4) is 5.75 Å². The maximum Gasteiger partial charge on any atom is 0.475 e. The molecule has 2 rings (SSSR count). The third kappa shape index (κ3) is 5.56. The lowest BCUT2D eigenvalue weighted by molar-refractivity contribution is 0.0693. The molecule has 0 bridgehead atoms. The van der Waals surface area contributed by atoms with Gasteiger partial charge in [0.15, 0.2) is 0 Å². The number of carboxylic acid groups (broad SMARTS) is 1. The smallest absolute Gasteiger partial charge is 0.475 e. The minimum Gasteiger partial charge on any atom is -0.507 e. The van der Waals surface area contributed by atoms with E-state index < -0.39 is 30.7 Å². The highest BCUT2D eigenvalue weighted by Gasteiger charge is 2.28. The Morgan fingerprint density at radius 3 is 2.55 bits per heavy atom. The largest absolute Gasteiger partial charge is 0.507 e. The van der Waals surface area contributed by atoms with E-state index in [0.717, 1.165) is 0 Å². The summed E-state index contributed by atoms with van der Waals surface area (Å²) in [7, 11) is 1.46. The van der Waals surface area contributed by atoms with Gasteiger partial charge in [-0.25, -0.2) is 4.79 Å². The molecule has 1 unspecified atom stereocenters. The van der Waals surface area contributed by atoms with Gasteiger partial charge in [-0.15, -0.1) is 0 Å². The second kappa shape index (κ2) is 9.72. The fraction of sp³-hybridized carbons (Fsp3) is 0.211. The van der Waals surface area contributed by atoms with Crippen molar-refractivity contribution >= 4 is 31.0 Å². The number of carboxylic acids is 1. The second-order valence-corrected chi connectivity index (χ2v) is 6.35. The third-order valence-corrected chi connectivity index (χ3v) is 4.27. The number of aliphatic imine (C=N–C) groups is 1. The van der Waals surface area contributed by atoms with Gasteiger partial charge in [-0.05, 0) is 36.2 Å². The predicted molar refractivity (Wildman–Crippen MR) is 109 cm³/mol. The van der Waals surface area contributed by atoms with Crippen molar-refractivity contribution in [2.45, 2.75) is 12.4 Å². The Morgan fingerprint density at radius 2 is 1.93 bits per heavy atom. The zero-order valence-corrected chi connectivity index (χ0v) is 16.0. The van der Waals surface area contributed by atoms with E-state index in [9.17, 15) is 24.7 Å². The van der Waals surface area contributed by atoms with Gasteiger partial charge in [-0.2, -0.15) is 0 Å². The van der Waals surface area contributed by atoms with Gasteiger partial charge in [0.25, 0.3) is 5.91 Å². The van der Waals surface area contributed by atoms with Gasteiger partial charge in [0.2, 0.25) is 0 Å². The molecule has 0 radical (unpaired) electrons. The lowest BCUT2D eigenvalue weighted by Gasteiger charge is -2.20. The first-order chi connectivity index (χ1) is 13.7. The molecule has 2 aromatic rings. The number of nitrogens with zero attached hydrogens (tertiary/aromatic N) is 2. The van der Waals surface area contributed by atoms with Gasteiger partial charge >= 0.3 is 13.1 Å². The molecule has 0 fully saturated rings. The summed E-state index contributed by atoms with van der Waals surface area (Å²) in [5.41, 5.74) is 0.841. The van der Waals surface area contributed by atoms with Crippen LogP contribution in [0.4, 0.5) is 5.69 Å². The molecule has 29 heavy (non-hydrogen) atoms. The molecular weight excluding hydrogens is 377 g/mol. The van der Waals surface area contributed by atoms with Crippen LogP contribution in [0.3, 0.4) is 0 Å². The Balaban J connectivity index is 2.22. The second-order valence-electron chi connectivity index (χ2n) is 6.35. The molecule has 0 aliphatic carbocycles. The van der Waals surface area contributed by atoms with Gasteiger partial charge in [0.05, 0.1) is 12.3 Å². The molecule has 2 aromatic carbocycles. The molecule has 0 saturated carbocycles. The first kappa shape index (κ1) is 21.9. The van der Waals surface area contributed by atoms with E-state index in [4.69, 9.17) is 5.11 Å². The van der Waals surface area contributed by atoms with E-state index >= 15 is 0 Å². The van der Waals surface area contributed by atoms with Crippen LogP contribution in [0.2, 0.25) is 0 Å². The number of aromatic hydroxyl groups is 1. The Labute approximate surface area is 168 Å². The van der Waals surface area contributed by atoms with E-state index in [1.165, 1.54) is 18.2 Å². The lowest BCUT2D eigenvalue weighted by Crippen LogP contribution is -2.48. The van der Waals surface area contributed by atoms with Crippen LogP contribution in [0.25, 0.3) is 0 Å². The molecule has 1 amide bonds. The van der Waals surface area contributed by atoms with Crippen molar-refractivity contribution in [1.29, 1.82) is 0 Å². The summed E-state index contributed by atoms with van der Waals surface area (Å²) in [5.74, 6) is -3.52. The average Bonchev–Trinajstić information content (AvgIpc) is 2.68. The Kier molecular flexibility index (Phi) is 7.35. The highest BCUT2D eigenvalue weighted by molar-refractivity contribution is 6.43. The number of benzene rings is 2. The van der Waals surface area contributed by atoms with Crippen LogP contribution in [-0.4, -0.2) is 65.6 Å². The minimum absolute atomic E-state index is 0.163. The summed E-state index contributed by atoms with van der Waals surface area (Å²) < 4.78 is 0. The number of aromatic carboxylic acids is 1. The Bertz CT molecular complexity index is 919. The van der Waals surface area contributed by atoms with Crippen LogP contribution in [0.15, 0.2) is 47.5 Å². The molecule has 0 heterocycles. The Hall–Kier alpha value is -3.37. The number of amides is 1. The summed E-state index contributed by atoms with van der Waals surface area (Å²) in [5, 5.41) is 41.1. The average molecular weight is 399 g/mol. The van der Waals surface area contributed by atoms with Gasteiger partial charge in [0, 0.05) is 25.3 Å². The van der Waals surface area contributed by atoms with E-state index in [1.807, 2.05) is 0 Å². The van der Waals surface area contributed by atoms with Crippen molar-refractivity contribution in [3.63, 3.8) is 0 Å². The topological polar surface area (TPSA) is 143 Å². The number of hydrogen-bond acceptors (Lipinski definition) is 6. The predicted octanol–water partition coefficient (Wildman–Crippen LogP) is 0.538. The van der Waals surface area contributed by atoms with Crippen LogP contribution in [0, 0.1) is 0 Å². The number of rotatable bonds is 8. The van der Waals surface area contributed by atoms with Crippen molar-refractivity contribution in [3.05, 3.63) is 59.2 Å². The highest BCUT2D eigenvalue weighted by atomic mass is 16.4. The first-order valence-corrected chi connectivity index (χ1v) is 8.71. The summed E-state index contributed by atoms with van der Waals surface area (Å²) in [6.07, 6.45) is 1.40. The molecule has 0 aromatic heterocycles. The molecule has 0 saturated heterocycles. The zero-order chi connectivity index (χ0) is 21.6. The Morgan fingerprint density at radius 1 is 1.24 bits per heavy atom. The third-order valence-electron chi connectivity index (χ3n) is 4.27. The molecule has 10 heteroatoms. The van der Waals surface area contributed by atoms with Crippen molar-refractivity contribution < 1.29 is 29.9 Å². The van der Waals surface area contributed by atoms with E-state index in [0.29, 0.717) is 5.69 Å². The summed E-state index contributed by atoms with van der Waals surface area (Å²) in [6.45, 7) is 0. The standard InChI is InChI=1S/C19H22BN3O6/c1-21-11-23(2)14-7-3-6-13(9-14)18(25)22-16(20(28)29)10-12-5-4-8-15(17(12)24)19(26)27/h3-9,11,16,24,28-29H,10H2,1-2H3,(H,22,25)(H,26,27). The van der Waals surface area contributed by atoms with E-state index in [1.54, 1.807) is 49.6 Å². The fourth-order valence-electron chi connectivity index (χ4n) is 2.75. The molecule has 0 spiro atoms. The quantitative estimate of drug-likeness (QED) is 0.248. The van der Waals surface area contributed by atoms with Gasteiger partial charge in [0.1, 0.15) is 11.3 Å². The van der Waals surface area contributed by atoms with Crippen LogP contribution in [0.1, 0.15) is 26.3 Å². The summed E-state index contributed by atoms with van der Waals surface area (Å²) >= 11 is 0. The maximum atomic E-state index is 12.6. The number of carbonyl (C=O) groups excluding carboxylic acids is 1. The van der Waals surface area contributed by atoms with Gasteiger partial charge in [-0.3, -0.25) is 9.79 Å². The molecule has 152 valence electrons. The van der Waals surface area contributed by atoms with Gasteiger partial charge < -0.3 is 30.5 Å².